The summed E-state index contributed by atoms with van der Waals surface area (Å²) in [7, 11) is 3.99. The fourth-order valence-corrected chi connectivity index (χ4v) is 1.66. The maximum atomic E-state index is 6.00. The fourth-order valence-electron chi connectivity index (χ4n) is 1.50. The van der Waals surface area contributed by atoms with Gasteiger partial charge in [0.2, 0.25) is 0 Å². The molecular formula is C11H18ClN3. The highest BCUT2D eigenvalue weighted by Crippen LogP contribution is 2.28. The van der Waals surface area contributed by atoms with Gasteiger partial charge >= 0.3 is 0 Å². The molecular weight excluding hydrogens is 210 g/mol. The van der Waals surface area contributed by atoms with Crippen LogP contribution in [0, 0.1) is 6.92 Å². The second-order valence-electron chi connectivity index (χ2n) is 3.69. The van der Waals surface area contributed by atoms with Crippen molar-refractivity contribution in [3.63, 3.8) is 0 Å². The molecule has 84 valence electrons. The zero-order chi connectivity index (χ0) is 11.4. The van der Waals surface area contributed by atoms with Gasteiger partial charge in [-0.1, -0.05) is 11.6 Å². The molecule has 0 amide bonds. The summed E-state index contributed by atoms with van der Waals surface area (Å²) in [6, 6.07) is 3.83. The summed E-state index contributed by atoms with van der Waals surface area (Å²) in [6.45, 7) is 3.92. The Morgan fingerprint density at radius 2 is 2.13 bits per heavy atom. The van der Waals surface area contributed by atoms with Crippen LogP contribution >= 0.6 is 11.6 Å². The molecule has 0 heterocycles. The predicted molar refractivity (Wildman–Crippen MR) is 67.8 cm³/mol. The first-order valence-corrected chi connectivity index (χ1v) is 5.35. The Hall–Kier alpha value is -0.930. The Bertz CT molecular complexity index is 339. The van der Waals surface area contributed by atoms with Crippen molar-refractivity contribution >= 4 is 23.0 Å². The quantitative estimate of drug-likeness (QED) is 0.772. The molecule has 0 bridgehead atoms. The SMILES string of the molecule is CNCCN(C)c1cc(Cl)c(N)cc1C. The predicted octanol–water partition coefficient (Wildman–Crippen LogP) is 1.89. The number of nitrogens with one attached hydrogen (secondary N) is 1. The van der Waals surface area contributed by atoms with Crippen LogP contribution in [0.4, 0.5) is 11.4 Å². The molecule has 0 atom stereocenters. The van der Waals surface area contributed by atoms with E-state index >= 15 is 0 Å². The first-order chi connectivity index (χ1) is 7.06. The van der Waals surface area contributed by atoms with Crippen molar-refractivity contribution in [2.24, 2.45) is 0 Å². The molecule has 0 radical (unpaired) electrons. The van der Waals surface area contributed by atoms with Crippen LogP contribution in [-0.4, -0.2) is 27.2 Å². The molecule has 0 saturated heterocycles. The van der Waals surface area contributed by atoms with Crippen molar-refractivity contribution in [2.75, 3.05) is 37.8 Å². The van der Waals surface area contributed by atoms with Gasteiger partial charge in [-0.05, 0) is 31.7 Å². The molecule has 1 aromatic rings. The maximum absolute atomic E-state index is 6.00. The van der Waals surface area contributed by atoms with Crippen molar-refractivity contribution in [3.05, 3.63) is 22.7 Å². The summed E-state index contributed by atoms with van der Waals surface area (Å²) < 4.78 is 0. The molecule has 0 spiro atoms. The third kappa shape index (κ3) is 3.01. The first kappa shape index (κ1) is 12.1. The van der Waals surface area contributed by atoms with Gasteiger partial charge in [0.05, 0.1) is 10.7 Å². The average molecular weight is 228 g/mol. The van der Waals surface area contributed by atoms with Gasteiger partial charge in [-0.25, -0.2) is 0 Å². The van der Waals surface area contributed by atoms with E-state index in [4.69, 9.17) is 17.3 Å². The minimum atomic E-state index is 0.618. The van der Waals surface area contributed by atoms with E-state index in [1.165, 1.54) is 0 Å². The van der Waals surface area contributed by atoms with Crippen LogP contribution in [0.2, 0.25) is 5.02 Å². The number of hydrogen-bond acceptors (Lipinski definition) is 3. The van der Waals surface area contributed by atoms with Gasteiger partial charge in [0.1, 0.15) is 0 Å². The van der Waals surface area contributed by atoms with Crippen LogP contribution in [0.1, 0.15) is 5.56 Å². The first-order valence-electron chi connectivity index (χ1n) is 4.97. The monoisotopic (exact) mass is 227 g/mol. The lowest BCUT2D eigenvalue weighted by molar-refractivity contribution is 0.766. The number of likely N-dealkylation sites (N-methyl/N-ethyl adjacent to an activating group) is 2. The molecule has 0 fully saturated rings. The third-order valence-corrected chi connectivity index (χ3v) is 2.75. The van der Waals surface area contributed by atoms with Gasteiger partial charge in [0, 0.05) is 25.8 Å². The molecule has 0 saturated carbocycles. The lowest BCUT2D eigenvalue weighted by atomic mass is 10.1. The third-order valence-electron chi connectivity index (χ3n) is 2.42. The summed E-state index contributed by atoms with van der Waals surface area (Å²) in [6.07, 6.45) is 0. The molecule has 1 rings (SSSR count). The second-order valence-corrected chi connectivity index (χ2v) is 4.09. The fraction of sp³-hybridized carbons (Fsp3) is 0.455. The van der Waals surface area contributed by atoms with E-state index in [2.05, 4.69) is 10.2 Å². The number of anilines is 2. The van der Waals surface area contributed by atoms with Crippen LogP contribution in [0.15, 0.2) is 12.1 Å². The Kier molecular flexibility index (Phi) is 4.24. The van der Waals surface area contributed by atoms with Gasteiger partial charge in [-0.2, -0.15) is 0 Å². The van der Waals surface area contributed by atoms with Crippen molar-refractivity contribution < 1.29 is 0 Å². The Morgan fingerprint density at radius 1 is 1.47 bits per heavy atom. The molecule has 1 aromatic carbocycles. The highest BCUT2D eigenvalue weighted by atomic mass is 35.5. The number of nitrogens with two attached hydrogens (primary N) is 1. The number of nitrogen functional groups attached to an aromatic ring is 1. The highest BCUT2D eigenvalue weighted by Gasteiger charge is 2.07. The summed E-state index contributed by atoms with van der Waals surface area (Å²) in [5.74, 6) is 0. The molecule has 3 nitrogen and oxygen atoms in total. The zero-order valence-electron chi connectivity index (χ0n) is 9.47. The molecule has 0 aromatic heterocycles. The lowest BCUT2D eigenvalue weighted by Crippen LogP contribution is -2.27. The van der Waals surface area contributed by atoms with Crippen molar-refractivity contribution in [1.82, 2.24) is 5.32 Å². The lowest BCUT2D eigenvalue weighted by Gasteiger charge is -2.22. The van der Waals surface area contributed by atoms with E-state index in [0.717, 1.165) is 24.3 Å². The minimum absolute atomic E-state index is 0.618. The van der Waals surface area contributed by atoms with Crippen LogP contribution < -0.4 is 16.0 Å². The largest absolute Gasteiger partial charge is 0.398 e. The molecule has 3 N–H and O–H groups in total. The number of aryl methyl sites for hydroxylation is 1. The molecule has 0 unspecified atom stereocenters. The smallest absolute Gasteiger partial charge is 0.0656 e. The van der Waals surface area contributed by atoms with Crippen LogP contribution in [0.25, 0.3) is 0 Å². The summed E-state index contributed by atoms with van der Waals surface area (Å²) in [5, 5.41) is 3.73. The number of benzene rings is 1. The highest BCUT2D eigenvalue weighted by molar-refractivity contribution is 6.33. The maximum Gasteiger partial charge on any atom is 0.0656 e. The van der Waals surface area contributed by atoms with Gasteiger partial charge < -0.3 is 16.0 Å². The van der Waals surface area contributed by atoms with E-state index in [0.29, 0.717) is 10.7 Å². The van der Waals surface area contributed by atoms with E-state index < -0.39 is 0 Å². The number of hydrogen-bond donors (Lipinski definition) is 2. The van der Waals surface area contributed by atoms with E-state index in [9.17, 15) is 0 Å². The second kappa shape index (κ2) is 5.24. The number of nitrogens with zero attached hydrogens (tertiary/aromatic N) is 1. The van der Waals surface area contributed by atoms with Crippen molar-refractivity contribution in [2.45, 2.75) is 6.92 Å². The number of rotatable bonds is 4. The summed E-state index contributed by atoms with van der Waals surface area (Å²) in [5.41, 5.74) is 8.64. The zero-order valence-corrected chi connectivity index (χ0v) is 10.2. The van der Waals surface area contributed by atoms with Gasteiger partial charge in [0.25, 0.3) is 0 Å². The van der Waals surface area contributed by atoms with Crippen LogP contribution in [0.3, 0.4) is 0 Å². The normalized spacial score (nSPS) is 10.4. The van der Waals surface area contributed by atoms with E-state index in [1.807, 2.05) is 33.2 Å². The minimum Gasteiger partial charge on any atom is -0.398 e. The Labute approximate surface area is 96.2 Å². The van der Waals surface area contributed by atoms with Crippen LogP contribution in [-0.2, 0) is 0 Å². The molecule has 15 heavy (non-hydrogen) atoms. The Balaban J connectivity index is 2.88. The van der Waals surface area contributed by atoms with Gasteiger partial charge in [-0.15, -0.1) is 0 Å². The van der Waals surface area contributed by atoms with Crippen LogP contribution in [0.5, 0.6) is 0 Å². The molecule has 0 aliphatic carbocycles. The summed E-state index contributed by atoms with van der Waals surface area (Å²) >= 11 is 6.00. The molecule has 0 aliphatic rings. The van der Waals surface area contributed by atoms with E-state index in [-0.39, 0.29) is 0 Å². The van der Waals surface area contributed by atoms with Gasteiger partial charge in [0.15, 0.2) is 0 Å². The van der Waals surface area contributed by atoms with Crippen molar-refractivity contribution in [1.29, 1.82) is 0 Å². The molecule has 4 heteroatoms. The Morgan fingerprint density at radius 3 is 2.73 bits per heavy atom. The average Bonchev–Trinajstić information content (AvgIpc) is 2.20. The van der Waals surface area contributed by atoms with Crippen molar-refractivity contribution in [3.8, 4) is 0 Å². The van der Waals surface area contributed by atoms with E-state index in [1.54, 1.807) is 0 Å². The summed E-state index contributed by atoms with van der Waals surface area (Å²) in [4.78, 5) is 2.16. The number of halogens is 1. The standard InChI is InChI=1S/C11H18ClN3/c1-8-6-10(13)9(12)7-11(8)15(3)5-4-14-2/h6-7,14H,4-5,13H2,1-3H3. The molecule has 0 aliphatic heterocycles. The van der Waals surface area contributed by atoms with Gasteiger partial charge in [-0.3, -0.25) is 0 Å². The topological polar surface area (TPSA) is 41.3 Å².